The number of benzene rings is 2. The van der Waals surface area contributed by atoms with E-state index in [2.05, 4.69) is 48.1 Å². The van der Waals surface area contributed by atoms with E-state index in [1.807, 2.05) is 12.1 Å². The lowest BCUT2D eigenvalue weighted by atomic mass is 10.2. The summed E-state index contributed by atoms with van der Waals surface area (Å²) in [5.74, 6) is 0. The molecule has 1 radical (unpaired) electrons. The van der Waals surface area contributed by atoms with Crippen LogP contribution in [0.3, 0.4) is 0 Å². The van der Waals surface area contributed by atoms with Crippen LogP contribution in [0.25, 0.3) is 0 Å². The lowest BCUT2D eigenvalue weighted by molar-refractivity contribution is 1.02. The fraction of sp³-hybridized carbons (Fsp3) is 0.200. The normalized spacial score (nSPS) is 10.1. The zero-order valence-electron chi connectivity index (χ0n) is 10.7. The lowest BCUT2D eigenvalue weighted by Gasteiger charge is -2.23. The lowest BCUT2D eigenvalue weighted by Crippen LogP contribution is -2.15. The van der Waals surface area contributed by atoms with E-state index in [0.717, 1.165) is 17.9 Å². The van der Waals surface area contributed by atoms with Crippen LogP contribution in [0.2, 0.25) is 0 Å². The van der Waals surface area contributed by atoms with Gasteiger partial charge in [0.2, 0.25) is 0 Å². The Balaban J connectivity index is 2.32. The molecule has 2 aromatic rings. The summed E-state index contributed by atoms with van der Waals surface area (Å²) in [5.41, 5.74) is 12.8. The molecule has 0 bridgehead atoms. The molecule has 2 rings (SSSR count). The molecule has 0 aliphatic carbocycles. The van der Waals surface area contributed by atoms with Crippen LogP contribution in [0.4, 0.5) is 17.1 Å². The second kappa shape index (κ2) is 5.45. The molecule has 0 aromatic heterocycles. The van der Waals surface area contributed by atoms with Crippen LogP contribution in [0.5, 0.6) is 0 Å². The fourth-order valence-corrected chi connectivity index (χ4v) is 1.94. The van der Waals surface area contributed by atoms with Gasteiger partial charge < -0.3 is 4.90 Å². The molecule has 0 atom stereocenters. The molecule has 91 valence electrons. The first-order chi connectivity index (χ1) is 8.74. The van der Waals surface area contributed by atoms with E-state index < -0.39 is 0 Å². The maximum absolute atomic E-state index is 8.68. The molecule has 0 amide bonds. The predicted octanol–water partition coefficient (Wildman–Crippen LogP) is 4.04. The third kappa shape index (κ3) is 2.56. The number of hydrogen-bond donors (Lipinski definition) is 0. The zero-order valence-corrected chi connectivity index (χ0v) is 10.7. The van der Waals surface area contributed by atoms with E-state index in [0.29, 0.717) is 5.69 Å². The second-order valence-corrected chi connectivity index (χ2v) is 4.20. The molecule has 0 spiro atoms. The minimum absolute atomic E-state index is 0.568. The van der Waals surface area contributed by atoms with Gasteiger partial charge in [0.1, 0.15) is 0 Å². The van der Waals surface area contributed by atoms with Crippen molar-refractivity contribution in [2.75, 3.05) is 11.4 Å². The number of nitrogens with zero attached hydrogens (tertiary/aromatic N) is 3. The van der Waals surface area contributed by atoms with Gasteiger partial charge in [0.05, 0.1) is 5.69 Å². The molecule has 3 heteroatoms. The van der Waals surface area contributed by atoms with Gasteiger partial charge in [0.15, 0.2) is 0 Å². The van der Waals surface area contributed by atoms with Crippen molar-refractivity contribution in [3.63, 3.8) is 0 Å². The van der Waals surface area contributed by atoms with Crippen molar-refractivity contribution in [3.8, 4) is 0 Å². The van der Waals surface area contributed by atoms with Crippen LogP contribution in [-0.2, 0) is 0 Å². The number of anilines is 2. The molecule has 0 aliphatic rings. The van der Waals surface area contributed by atoms with Gasteiger partial charge in [-0.05, 0) is 55.8 Å². The Morgan fingerprint density at radius 1 is 0.944 bits per heavy atom. The fourth-order valence-electron chi connectivity index (χ4n) is 1.94. The zero-order chi connectivity index (χ0) is 13.0. The van der Waals surface area contributed by atoms with E-state index in [9.17, 15) is 0 Å². The summed E-state index contributed by atoms with van der Waals surface area (Å²) in [6.45, 7) is 5.08. The van der Waals surface area contributed by atoms with Crippen LogP contribution >= 0.6 is 0 Å². The molecule has 0 N–H and O–H groups in total. The predicted molar refractivity (Wildman–Crippen MR) is 74.5 cm³/mol. The van der Waals surface area contributed by atoms with Crippen LogP contribution in [-0.4, -0.2) is 6.54 Å². The quantitative estimate of drug-likeness (QED) is 0.741. The Hall–Kier alpha value is -2.16. The van der Waals surface area contributed by atoms with Gasteiger partial charge in [-0.15, -0.1) is 5.11 Å². The van der Waals surface area contributed by atoms with Crippen molar-refractivity contribution in [2.24, 2.45) is 5.11 Å². The van der Waals surface area contributed by atoms with Crippen molar-refractivity contribution >= 4 is 17.1 Å². The van der Waals surface area contributed by atoms with Crippen LogP contribution in [0.1, 0.15) is 12.5 Å². The molecular weight excluding hydrogens is 222 g/mol. The molecule has 0 saturated heterocycles. The summed E-state index contributed by atoms with van der Waals surface area (Å²) in [4.78, 5) is 2.21. The summed E-state index contributed by atoms with van der Waals surface area (Å²) in [5, 5.41) is 3.16. The first-order valence-corrected chi connectivity index (χ1v) is 6.04. The van der Waals surface area contributed by atoms with Crippen molar-refractivity contribution < 1.29 is 0 Å². The van der Waals surface area contributed by atoms with Gasteiger partial charge >= 0.3 is 0 Å². The van der Waals surface area contributed by atoms with E-state index in [1.54, 1.807) is 12.1 Å². The monoisotopic (exact) mass is 238 g/mol. The van der Waals surface area contributed by atoms with Crippen LogP contribution in [0, 0.1) is 6.92 Å². The molecule has 2 aromatic carbocycles. The molecule has 0 aliphatic heterocycles. The topological polar surface area (TPSA) is 37.9 Å². The average Bonchev–Trinajstić information content (AvgIpc) is 2.42. The summed E-state index contributed by atoms with van der Waals surface area (Å²) in [6.07, 6.45) is 0. The Labute approximate surface area is 108 Å². The van der Waals surface area contributed by atoms with E-state index in [1.165, 1.54) is 5.56 Å². The third-order valence-electron chi connectivity index (χ3n) is 2.94. The molecule has 0 unspecified atom stereocenters. The molecule has 0 saturated carbocycles. The molecule has 3 nitrogen and oxygen atoms in total. The summed E-state index contributed by atoms with van der Waals surface area (Å²) in [6, 6.07) is 16.0. The number of hydrogen-bond acceptors (Lipinski definition) is 2. The highest BCUT2D eigenvalue weighted by molar-refractivity contribution is 5.64. The van der Waals surface area contributed by atoms with E-state index in [-0.39, 0.29) is 0 Å². The average molecular weight is 238 g/mol. The Morgan fingerprint density at radius 2 is 1.44 bits per heavy atom. The van der Waals surface area contributed by atoms with Crippen molar-refractivity contribution in [1.82, 2.24) is 5.53 Å². The Morgan fingerprint density at radius 3 is 1.89 bits per heavy atom. The molecule has 18 heavy (non-hydrogen) atoms. The largest absolute Gasteiger partial charge is 0.342 e. The SMILES string of the molecule is CCN(c1ccc(C)cc1)c1ccc(N=[N])cc1. The number of rotatable bonds is 4. The first kappa shape index (κ1) is 12.3. The van der Waals surface area contributed by atoms with Gasteiger partial charge in [-0.1, -0.05) is 17.7 Å². The highest BCUT2D eigenvalue weighted by Gasteiger charge is 2.06. The number of aryl methyl sites for hydroxylation is 1. The third-order valence-corrected chi connectivity index (χ3v) is 2.94. The van der Waals surface area contributed by atoms with Crippen molar-refractivity contribution in [3.05, 3.63) is 54.1 Å². The van der Waals surface area contributed by atoms with Crippen molar-refractivity contribution in [2.45, 2.75) is 13.8 Å². The van der Waals surface area contributed by atoms with E-state index >= 15 is 0 Å². The highest BCUT2D eigenvalue weighted by Crippen LogP contribution is 2.26. The maximum Gasteiger partial charge on any atom is 0.0877 e. The second-order valence-electron chi connectivity index (χ2n) is 4.20. The highest BCUT2D eigenvalue weighted by atomic mass is 15.1. The smallest absolute Gasteiger partial charge is 0.0877 e. The molecular formula is C15H16N3. The van der Waals surface area contributed by atoms with Crippen LogP contribution < -0.4 is 10.4 Å². The summed E-state index contributed by atoms with van der Waals surface area (Å²) >= 11 is 0. The van der Waals surface area contributed by atoms with Crippen LogP contribution in [0.15, 0.2) is 53.6 Å². The minimum atomic E-state index is 0.568. The van der Waals surface area contributed by atoms with E-state index in [4.69, 9.17) is 5.53 Å². The summed E-state index contributed by atoms with van der Waals surface area (Å²) in [7, 11) is 0. The Bertz CT molecular complexity index is 514. The van der Waals surface area contributed by atoms with Gasteiger partial charge in [-0.2, -0.15) is 0 Å². The standard InChI is InChI=1S/C15H16N3/c1-3-18(14-8-4-12(2)5-9-14)15-10-6-13(17-16)7-11-15/h4-11H,3H2,1-2H3. The van der Waals surface area contributed by atoms with Gasteiger partial charge in [-0.25, -0.2) is 0 Å². The molecule has 0 fully saturated rings. The van der Waals surface area contributed by atoms with Gasteiger partial charge in [0, 0.05) is 17.9 Å². The maximum atomic E-state index is 8.68. The Kier molecular flexibility index (Phi) is 3.72. The van der Waals surface area contributed by atoms with Crippen molar-refractivity contribution in [1.29, 1.82) is 0 Å². The van der Waals surface area contributed by atoms with Gasteiger partial charge in [0.25, 0.3) is 0 Å². The summed E-state index contributed by atoms with van der Waals surface area (Å²) < 4.78 is 0. The first-order valence-electron chi connectivity index (χ1n) is 6.04. The minimum Gasteiger partial charge on any atom is -0.342 e. The van der Waals surface area contributed by atoms with Gasteiger partial charge in [-0.3, -0.25) is 0 Å². The molecule has 0 heterocycles.